The number of nitrogens with two attached hydrogens (primary N) is 1. The van der Waals surface area contributed by atoms with E-state index in [1.165, 1.54) is 18.2 Å². The molecule has 0 fully saturated rings. The van der Waals surface area contributed by atoms with Crippen molar-refractivity contribution in [1.82, 2.24) is 0 Å². The lowest BCUT2D eigenvalue weighted by atomic mass is 10.1. The fourth-order valence-electron chi connectivity index (χ4n) is 1.88. The number of nitrogens with zero attached hydrogens (tertiary/aromatic N) is 1. The molecule has 2 N–H and O–H groups in total. The first-order valence-corrected chi connectivity index (χ1v) is 8.39. The van der Waals surface area contributed by atoms with E-state index in [0.717, 1.165) is 6.42 Å². The smallest absolute Gasteiger partial charge is 0.273 e. The summed E-state index contributed by atoms with van der Waals surface area (Å²) in [6, 6.07) is 3.84. The molecule has 7 nitrogen and oxygen atoms in total. The molecule has 0 bridgehead atoms. The van der Waals surface area contributed by atoms with Crippen LogP contribution in [-0.4, -0.2) is 25.7 Å². The van der Waals surface area contributed by atoms with Gasteiger partial charge in [0, 0.05) is 12.0 Å². The summed E-state index contributed by atoms with van der Waals surface area (Å²) in [5.41, 5.74) is -0.145. The molecular formula is C12H17ClN2O5S. The van der Waals surface area contributed by atoms with E-state index in [0.29, 0.717) is 6.42 Å². The molecule has 0 spiro atoms. The van der Waals surface area contributed by atoms with Crippen molar-refractivity contribution >= 4 is 27.3 Å². The number of hydrogen-bond acceptors (Lipinski definition) is 5. The van der Waals surface area contributed by atoms with Crippen LogP contribution in [0.15, 0.2) is 18.2 Å². The van der Waals surface area contributed by atoms with Crippen LogP contribution in [0.4, 0.5) is 5.69 Å². The molecule has 9 heteroatoms. The average molecular weight is 337 g/mol. The zero-order chi connectivity index (χ0) is 16.0. The number of rotatable bonds is 8. The molecule has 1 atom stereocenters. The lowest BCUT2D eigenvalue weighted by Crippen LogP contribution is -2.27. The topological polar surface area (TPSA) is 113 Å². The van der Waals surface area contributed by atoms with Gasteiger partial charge in [0.25, 0.3) is 5.69 Å². The minimum atomic E-state index is -3.60. The van der Waals surface area contributed by atoms with Gasteiger partial charge < -0.3 is 4.74 Å². The highest BCUT2D eigenvalue weighted by molar-refractivity contribution is 7.89. The summed E-state index contributed by atoms with van der Waals surface area (Å²) in [5, 5.41) is 16.0. The summed E-state index contributed by atoms with van der Waals surface area (Å²) < 4.78 is 27.7. The van der Waals surface area contributed by atoms with Gasteiger partial charge in [-0.3, -0.25) is 10.1 Å². The van der Waals surface area contributed by atoms with E-state index >= 15 is 0 Å². The molecule has 0 aromatic heterocycles. The van der Waals surface area contributed by atoms with E-state index < -0.39 is 14.9 Å². The summed E-state index contributed by atoms with van der Waals surface area (Å²) in [4.78, 5) is 10.1. The molecule has 0 radical (unpaired) electrons. The average Bonchev–Trinajstić information content (AvgIpc) is 2.35. The predicted octanol–water partition coefficient (Wildman–Crippen LogP) is 2.33. The third-order valence-electron chi connectivity index (χ3n) is 2.77. The maximum Gasteiger partial charge on any atom is 0.273 e. The molecule has 0 aliphatic heterocycles. The van der Waals surface area contributed by atoms with E-state index in [1.807, 2.05) is 6.92 Å². The first-order valence-electron chi connectivity index (χ1n) is 6.30. The van der Waals surface area contributed by atoms with Crippen molar-refractivity contribution in [3.05, 3.63) is 33.3 Å². The van der Waals surface area contributed by atoms with Crippen molar-refractivity contribution in [2.24, 2.45) is 11.1 Å². The zero-order valence-corrected chi connectivity index (χ0v) is 13.1. The summed E-state index contributed by atoms with van der Waals surface area (Å²) >= 11 is 5.90. The number of benzene rings is 1. The number of hydrogen-bond donors (Lipinski definition) is 1. The Morgan fingerprint density at radius 3 is 2.67 bits per heavy atom. The van der Waals surface area contributed by atoms with Crippen molar-refractivity contribution < 1.29 is 18.1 Å². The van der Waals surface area contributed by atoms with Gasteiger partial charge in [-0.25, -0.2) is 13.6 Å². The fourth-order valence-corrected chi connectivity index (χ4v) is 2.97. The Balaban J connectivity index is 2.79. The van der Waals surface area contributed by atoms with E-state index in [4.69, 9.17) is 21.5 Å². The van der Waals surface area contributed by atoms with Gasteiger partial charge in [-0.2, -0.15) is 0 Å². The lowest BCUT2D eigenvalue weighted by molar-refractivity contribution is -0.384. The van der Waals surface area contributed by atoms with Crippen LogP contribution in [0, 0.1) is 16.0 Å². The summed E-state index contributed by atoms with van der Waals surface area (Å²) in [7, 11) is -3.60. The second-order valence-corrected chi connectivity index (χ2v) is 6.73. The predicted molar refractivity (Wildman–Crippen MR) is 80.0 cm³/mol. The highest BCUT2D eigenvalue weighted by Gasteiger charge is 2.18. The summed E-state index contributed by atoms with van der Waals surface area (Å²) in [6.07, 6.45) is 1.38. The monoisotopic (exact) mass is 336 g/mol. The van der Waals surface area contributed by atoms with Crippen molar-refractivity contribution in [1.29, 1.82) is 0 Å². The first kappa shape index (κ1) is 17.7. The van der Waals surface area contributed by atoms with Crippen LogP contribution in [0.2, 0.25) is 5.02 Å². The Kier molecular flexibility index (Phi) is 6.38. The third-order valence-corrected chi connectivity index (χ3v) is 4.01. The van der Waals surface area contributed by atoms with Gasteiger partial charge in [-0.1, -0.05) is 24.9 Å². The summed E-state index contributed by atoms with van der Waals surface area (Å²) in [5.74, 6) is -0.338. The molecule has 0 saturated carbocycles. The first-order chi connectivity index (χ1) is 9.73. The normalized spacial score (nSPS) is 12.9. The van der Waals surface area contributed by atoms with Crippen LogP contribution in [0.3, 0.4) is 0 Å². The van der Waals surface area contributed by atoms with Gasteiger partial charge in [0.05, 0.1) is 28.4 Å². The van der Waals surface area contributed by atoms with Crippen LogP contribution >= 0.6 is 11.6 Å². The molecule has 118 valence electrons. The lowest BCUT2D eigenvalue weighted by Gasteiger charge is -2.16. The molecular weight excluding hydrogens is 320 g/mol. The standard InChI is InChI=1S/C12H17ClN2O5S/c1-2-3-9(8-21(14,18)19)7-20-12-6-10(15(16)17)4-5-11(12)13/h4-6,9H,2-3,7-8H2,1H3,(H2,14,18,19). The van der Waals surface area contributed by atoms with Crippen molar-refractivity contribution in [3.63, 3.8) is 0 Å². The van der Waals surface area contributed by atoms with Crippen LogP contribution in [0.25, 0.3) is 0 Å². The van der Waals surface area contributed by atoms with E-state index in [1.54, 1.807) is 0 Å². The number of nitro benzene ring substituents is 1. The van der Waals surface area contributed by atoms with Crippen LogP contribution in [0.5, 0.6) is 5.75 Å². The molecule has 0 aliphatic carbocycles. The summed E-state index contributed by atoms with van der Waals surface area (Å²) in [6.45, 7) is 1.99. The van der Waals surface area contributed by atoms with Gasteiger partial charge in [0.1, 0.15) is 5.75 Å². The second-order valence-electron chi connectivity index (χ2n) is 4.67. The Hall–Kier alpha value is -1.38. The molecule has 1 aromatic rings. The number of halogens is 1. The SMILES string of the molecule is CCCC(COc1cc([N+](=O)[O-])ccc1Cl)CS(N)(=O)=O. The van der Waals surface area contributed by atoms with Crippen LogP contribution in [0.1, 0.15) is 19.8 Å². The number of ether oxygens (including phenoxy) is 1. The Morgan fingerprint density at radius 1 is 1.48 bits per heavy atom. The van der Waals surface area contributed by atoms with Gasteiger partial charge in [-0.15, -0.1) is 0 Å². The molecule has 1 rings (SSSR count). The third kappa shape index (κ3) is 6.28. The van der Waals surface area contributed by atoms with Crippen molar-refractivity contribution in [2.75, 3.05) is 12.4 Å². The number of non-ortho nitro benzene ring substituents is 1. The molecule has 0 aliphatic rings. The minimum Gasteiger partial charge on any atom is -0.491 e. The molecule has 0 saturated heterocycles. The molecule has 21 heavy (non-hydrogen) atoms. The van der Waals surface area contributed by atoms with Crippen LogP contribution in [-0.2, 0) is 10.0 Å². The zero-order valence-electron chi connectivity index (χ0n) is 11.5. The Morgan fingerprint density at radius 2 is 2.14 bits per heavy atom. The molecule has 1 aromatic carbocycles. The van der Waals surface area contributed by atoms with E-state index in [-0.39, 0.29) is 34.7 Å². The second kappa shape index (κ2) is 7.58. The number of nitro groups is 1. The highest BCUT2D eigenvalue weighted by atomic mass is 35.5. The van der Waals surface area contributed by atoms with Gasteiger partial charge in [0.15, 0.2) is 0 Å². The largest absolute Gasteiger partial charge is 0.491 e. The Labute approximate surface area is 128 Å². The maximum absolute atomic E-state index is 11.1. The fraction of sp³-hybridized carbons (Fsp3) is 0.500. The molecule has 1 unspecified atom stereocenters. The Bertz CT molecular complexity index is 606. The van der Waals surface area contributed by atoms with E-state index in [9.17, 15) is 18.5 Å². The minimum absolute atomic E-state index is 0.0746. The number of sulfonamides is 1. The number of primary sulfonamides is 1. The van der Waals surface area contributed by atoms with Gasteiger partial charge in [-0.05, 0) is 12.5 Å². The van der Waals surface area contributed by atoms with E-state index in [2.05, 4.69) is 0 Å². The van der Waals surface area contributed by atoms with Gasteiger partial charge >= 0.3 is 0 Å². The van der Waals surface area contributed by atoms with Crippen molar-refractivity contribution in [3.8, 4) is 5.75 Å². The van der Waals surface area contributed by atoms with Gasteiger partial charge in [0.2, 0.25) is 10.0 Å². The van der Waals surface area contributed by atoms with Crippen LogP contribution < -0.4 is 9.88 Å². The highest BCUT2D eigenvalue weighted by Crippen LogP contribution is 2.29. The molecule has 0 heterocycles. The van der Waals surface area contributed by atoms with Crippen molar-refractivity contribution in [2.45, 2.75) is 19.8 Å². The maximum atomic E-state index is 11.1. The quantitative estimate of drug-likeness (QED) is 0.578. The molecule has 0 amide bonds.